The van der Waals surface area contributed by atoms with Crippen molar-refractivity contribution < 1.29 is 0 Å². The summed E-state index contributed by atoms with van der Waals surface area (Å²) in [5.74, 6) is 6.80. The molecule has 0 unspecified atom stereocenters. The zero-order valence-corrected chi connectivity index (χ0v) is 11.4. The third-order valence-electron chi connectivity index (χ3n) is 2.76. The maximum Gasteiger partial charge on any atom is 0.0248 e. The Morgan fingerprint density at radius 2 is 2.06 bits per heavy atom. The summed E-state index contributed by atoms with van der Waals surface area (Å²) in [7, 11) is 0. The van der Waals surface area contributed by atoms with Gasteiger partial charge in [-0.1, -0.05) is 48.6 Å². The van der Waals surface area contributed by atoms with E-state index in [1.807, 2.05) is 36.4 Å². The molecule has 94 valence electrons. The molecule has 1 rings (SSSR count). The zero-order valence-electron chi connectivity index (χ0n) is 11.4. The Morgan fingerprint density at radius 3 is 2.72 bits per heavy atom. The Kier molecular flexibility index (Phi) is 6.66. The summed E-state index contributed by atoms with van der Waals surface area (Å²) in [5, 5.41) is 0. The van der Waals surface area contributed by atoms with Crippen LogP contribution < -0.4 is 0 Å². The van der Waals surface area contributed by atoms with Crippen LogP contribution in [-0.2, 0) is 0 Å². The molecule has 0 heteroatoms. The first-order valence-electron chi connectivity index (χ1n) is 6.56. The molecule has 0 aliphatic carbocycles. The molecule has 0 radical (unpaired) electrons. The summed E-state index contributed by atoms with van der Waals surface area (Å²) in [6, 6.07) is 10.1. The molecule has 0 saturated carbocycles. The van der Waals surface area contributed by atoms with Gasteiger partial charge in [0, 0.05) is 5.56 Å². The van der Waals surface area contributed by atoms with E-state index >= 15 is 0 Å². The minimum absolute atomic E-state index is 0.592. The molecule has 0 heterocycles. The molecule has 0 N–H and O–H groups in total. The summed E-state index contributed by atoms with van der Waals surface area (Å²) in [6.45, 7) is 8.24. The second kappa shape index (κ2) is 8.37. The molecule has 0 saturated heterocycles. The van der Waals surface area contributed by atoms with Crippen molar-refractivity contribution in [2.75, 3.05) is 0 Å². The third-order valence-corrected chi connectivity index (χ3v) is 2.76. The van der Waals surface area contributed by atoms with Gasteiger partial charge in [0.25, 0.3) is 0 Å². The van der Waals surface area contributed by atoms with Crippen molar-refractivity contribution in [1.29, 1.82) is 0 Å². The topological polar surface area (TPSA) is 0 Å². The average Bonchev–Trinajstić information content (AvgIpc) is 2.35. The lowest BCUT2D eigenvalue weighted by atomic mass is 10.0. The average molecular weight is 238 g/mol. The molecular formula is C18H22. The first kappa shape index (κ1) is 14.3. The van der Waals surface area contributed by atoms with Gasteiger partial charge in [-0.2, -0.15) is 0 Å². The number of allylic oxidation sites excluding steroid dienone is 3. The van der Waals surface area contributed by atoms with Gasteiger partial charge in [0.1, 0.15) is 0 Å². The third kappa shape index (κ3) is 6.76. The van der Waals surface area contributed by atoms with Crippen molar-refractivity contribution in [1.82, 2.24) is 0 Å². The number of rotatable bonds is 5. The Morgan fingerprint density at radius 1 is 1.33 bits per heavy atom. The minimum Gasteiger partial charge on any atom is -0.100 e. The van der Waals surface area contributed by atoms with E-state index in [1.54, 1.807) is 0 Å². The molecule has 0 nitrogen and oxygen atoms in total. The largest absolute Gasteiger partial charge is 0.100 e. The molecule has 0 bridgehead atoms. The quantitative estimate of drug-likeness (QED) is 0.501. The van der Waals surface area contributed by atoms with E-state index in [1.165, 1.54) is 18.4 Å². The van der Waals surface area contributed by atoms with Crippen molar-refractivity contribution >= 4 is 0 Å². The molecule has 1 aromatic carbocycles. The van der Waals surface area contributed by atoms with E-state index in [2.05, 4.69) is 38.3 Å². The molecule has 0 amide bonds. The molecule has 0 aromatic heterocycles. The van der Waals surface area contributed by atoms with Gasteiger partial charge in [0.05, 0.1) is 0 Å². The Hall–Kier alpha value is -1.74. The molecular weight excluding hydrogens is 216 g/mol. The SMILES string of the molecule is C=C(C)CCC[C@@H](C)/C=C/C#Cc1ccccc1. The number of hydrogen-bond acceptors (Lipinski definition) is 0. The molecule has 0 aliphatic rings. The van der Waals surface area contributed by atoms with E-state index in [9.17, 15) is 0 Å². The van der Waals surface area contributed by atoms with Crippen molar-refractivity contribution in [2.45, 2.75) is 33.1 Å². The van der Waals surface area contributed by atoms with Crippen LogP contribution in [0.2, 0.25) is 0 Å². The van der Waals surface area contributed by atoms with Crippen LogP contribution in [-0.4, -0.2) is 0 Å². The maximum atomic E-state index is 3.92. The van der Waals surface area contributed by atoms with Crippen LogP contribution in [0.25, 0.3) is 0 Å². The summed E-state index contributed by atoms with van der Waals surface area (Å²) in [5.41, 5.74) is 2.34. The molecule has 0 spiro atoms. The normalized spacial score (nSPS) is 11.9. The van der Waals surface area contributed by atoms with Crippen molar-refractivity contribution in [3.8, 4) is 11.8 Å². The first-order chi connectivity index (χ1) is 8.68. The van der Waals surface area contributed by atoms with Gasteiger partial charge in [0.15, 0.2) is 0 Å². The van der Waals surface area contributed by atoms with Gasteiger partial charge in [0.2, 0.25) is 0 Å². The predicted molar refractivity (Wildman–Crippen MR) is 80.3 cm³/mol. The number of hydrogen-bond donors (Lipinski definition) is 0. The summed E-state index contributed by atoms with van der Waals surface area (Å²) < 4.78 is 0. The van der Waals surface area contributed by atoms with Crippen molar-refractivity contribution in [3.05, 3.63) is 60.2 Å². The first-order valence-corrected chi connectivity index (χ1v) is 6.56. The highest BCUT2D eigenvalue weighted by molar-refractivity contribution is 5.36. The van der Waals surface area contributed by atoms with Crippen LogP contribution in [0.15, 0.2) is 54.6 Å². The van der Waals surface area contributed by atoms with Crippen LogP contribution in [0, 0.1) is 17.8 Å². The monoisotopic (exact) mass is 238 g/mol. The van der Waals surface area contributed by atoms with Crippen LogP contribution in [0.5, 0.6) is 0 Å². The van der Waals surface area contributed by atoms with E-state index in [4.69, 9.17) is 0 Å². The summed E-state index contributed by atoms with van der Waals surface area (Å²) in [4.78, 5) is 0. The Balaban J connectivity index is 2.32. The van der Waals surface area contributed by atoms with Gasteiger partial charge in [-0.15, -0.1) is 6.58 Å². The summed E-state index contributed by atoms with van der Waals surface area (Å²) >= 11 is 0. The molecule has 0 aliphatic heterocycles. The number of benzene rings is 1. The van der Waals surface area contributed by atoms with Crippen molar-refractivity contribution in [2.24, 2.45) is 5.92 Å². The zero-order chi connectivity index (χ0) is 13.2. The van der Waals surface area contributed by atoms with Gasteiger partial charge >= 0.3 is 0 Å². The Bertz CT molecular complexity index is 440. The van der Waals surface area contributed by atoms with E-state index in [0.717, 1.165) is 12.0 Å². The van der Waals surface area contributed by atoms with Crippen LogP contribution in [0.3, 0.4) is 0 Å². The lowest BCUT2D eigenvalue weighted by Crippen LogP contribution is -1.89. The highest BCUT2D eigenvalue weighted by Crippen LogP contribution is 2.11. The highest BCUT2D eigenvalue weighted by atomic mass is 14.0. The van der Waals surface area contributed by atoms with Crippen LogP contribution in [0.4, 0.5) is 0 Å². The van der Waals surface area contributed by atoms with Gasteiger partial charge in [-0.25, -0.2) is 0 Å². The fraction of sp³-hybridized carbons (Fsp3) is 0.333. The van der Waals surface area contributed by atoms with Gasteiger partial charge < -0.3 is 0 Å². The highest BCUT2D eigenvalue weighted by Gasteiger charge is 1.96. The lowest BCUT2D eigenvalue weighted by Gasteiger charge is -2.04. The van der Waals surface area contributed by atoms with Crippen LogP contribution >= 0.6 is 0 Å². The predicted octanol–water partition coefficient (Wildman–Crippen LogP) is 4.98. The standard InChI is InChI=1S/C18H22/c1-16(2)10-9-12-17(3)11-7-8-15-18-13-5-4-6-14-18/h4-7,11,13-14,17H,1,9-10,12H2,2-3H3/b11-7+/t17-/m0/s1. The molecule has 0 fully saturated rings. The summed E-state index contributed by atoms with van der Waals surface area (Å²) in [6.07, 6.45) is 7.71. The fourth-order valence-corrected chi connectivity index (χ4v) is 1.68. The molecule has 1 atom stereocenters. The van der Waals surface area contributed by atoms with Crippen LogP contribution in [0.1, 0.15) is 38.7 Å². The maximum absolute atomic E-state index is 3.92. The minimum atomic E-state index is 0.592. The van der Waals surface area contributed by atoms with E-state index in [-0.39, 0.29) is 0 Å². The fourth-order valence-electron chi connectivity index (χ4n) is 1.68. The van der Waals surface area contributed by atoms with Gasteiger partial charge in [-0.3, -0.25) is 0 Å². The molecule has 18 heavy (non-hydrogen) atoms. The van der Waals surface area contributed by atoms with E-state index in [0.29, 0.717) is 5.92 Å². The second-order valence-electron chi connectivity index (χ2n) is 4.82. The smallest absolute Gasteiger partial charge is 0.0248 e. The molecule has 1 aromatic rings. The second-order valence-corrected chi connectivity index (χ2v) is 4.82. The van der Waals surface area contributed by atoms with Crippen molar-refractivity contribution in [3.63, 3.8) is 0 Å². The van der Waals surface area contributed by atoms with E-state index < -0.39 is 0 Å². The lowest BCUT2D eigenvalue weighted by molar-refractivity contribution is 0.605. The Labute approximate surface area is 111 Å². The van der Waals surface area contributed by atoms with Gasteiger partial charge in [-0.05, 0) is 50.3 Å².